The van der Waals surface area contributed by atoms with Crippen LogP contribution < -0.4 is 5.73 Å². The molecule has 1 aromatic carbocycles. The van der Waals surface area contributed by atoms with E-state index in [1.54, 1.807) is 7.05 Å². The summed E-state index contributed by atoms with van der Waals surface area (Å²) in [6.07, 6.45) is 2.19. The van der Waals surface area contributed by atoms with Gasteiger partial charge in [0, 0.05) is 32.3 Å². The van der Waals surface area contributed by atoms with Gasteiger partial charge in [-0.25, -0.2) is 0 Å². The fourth-order valence-corrected chi connectivity index (χ4v) is 2.04. The third-order valence-corrected chi connectivity index (χ3v) is 3.37. The number of hydrogen-bond donors (Lipinski definition) is 2. The lowest BCUT2D eigenvalue weighted by Gasteiger charge is -2.18. The maximum Gasteiger partial charge on any atom is 0.271 e. The number of nitro groups is 1. The topological polar surface area (TPSA) is 110 Å². The summed E-state index contributed by atoms with van der Waals surface area (Å²) >= 11 is 5.83. The number of benzene rings is 1. The molecule has 0 heterocycles. The second kappa shape index (κ2) is 7.80. The summed E-state index contributed by atoms with van der Waals surface area (Å²) in [6.45, 7) is 0.587. The highest BCUT2D eigenvalue weighted by Crippen LogP contribution is 2.29. The minimum absolute atomic E-state index is 0.0127. The molecule has 0 unspecified atom stereocenters. The summed E-state index contributed by atoms with van der Waals surface area (Å²) < 4.78 is 0. The van der Waals surface area contributed by atoms with Gasteiger partial charge in [-0.3, -0.25) is 14.9 Å². The Morgan fingerprint density at radius 2 is 2.10 bits per heavy atom. The summed E-state index contributed by atoms with van der Waals surface area (Å²) in [6, 6.07) is 2.25. The van der Waals surface area contributed by atoms with Gasteiger partial charge in [0.05, 0.1) is 21.2 Å². The van der Waals surface area contributed by atoms with Crippen molar-refractivity contribution in [1.82, 2.24) is 4.90 Å². The number of aliphatic hydroxyl groups excluding tert-OH is 1. The zero-order chi connectivity index (χ0) is 16.0. The van der Waals surface area contributed by atoms with Crippen molar-refractivity contribution in [3.8, 4) is 0 Å². The van der Waals surface area contributed by atoms with Gasteiger partial charge < -0.3 is 15.7 Å². The van der Waals surface area contributed by atoms with Crippen LogP contribution in [0.3, 0.4) is 0 Å². The van der Waals surface area contributed by atoms with E-state index in [2.05, 4.69) is 0 Å². The molecule has 7 nitrogen and oxygen atoms in total. The van der Waals surface area contributed by atoms with E-state index in [0.29, 0.717) is 13.0 Å². The van der Waals surface area contributed by atoms with E-state index in [1.165, 1.54) is 4.90 Å². The molecule has 0 fully saturated rings. The highest BCUT2D eigenvalue weighted by atomic mass is 35.5. The number of nitro benzene ring substituents is 1. The van der Waals surface area contributed by atoms with Crippen molar-refractivity contribution in [2.24, 2.45) is 0 Å². The van der Waals surface area contributed by atoms with E-state index < -0.39 is 10.8 Å². The van der Waals surface area contributed by atoms with Crippen molar-refractivity contribution >= 4 is 28.9 Å². The largest absolute Gasteiger partial charge is 0.397 e. The maximum atomic E-state index is 12.3. The van der Waals surface area contributed by atoms with Gasteiger partial charge in [-0.05, 0) is 19.3 Å². The van der Waals surface area contributed by atoms with Gasteiger partial charge in [0.15, 0.2) is 0 Å². The minimum Gasteiger partial charge on any atom is -0.397 e. The van der Waals surface area contributed by atoms with Crippen molar-refractivity contribution in [1.29, 1.82) is 0 Å². The fraction of sp³-hybridized carbons (Fsp3) is 0.462. The van der Waals surface area contributed by atoms with E-state index in [0.717, 1.165) is 25.0 Å². The molecule has 21 heavy (non-hydrogen) atoms. The van der Waals surface area contributed by atoms with E-state index in [1.807, 2.05) is 0 Å². The van der Waals surface area contributed by atoms with Crippen LogP contribution in [0.15, 0.2) is 12.1 Å². The number of hydrogen-bond acceptors (Lipinski definition) is 5. The van der Waals surface area contributed by atoms with Crippen molar-refractivity contribution in [3.05, 3.63) is 32.8 Å². The number of anilines is 1. The van der Waals surface area contributed by atoms with Crippen LogP contribution >= 0.6 is 11.6 Å². The number of carbonyl (C=O) groups is 1. The first-order valence-electron chi connectivity index (χ1n) is 6.48. The average molecular weight is 316 g/mol. The van der Waals surface area contributed by atoms with Crippen LogP contribution in [0.4, 0.5) is 11.4 Å². The Morgan fingerprint density at radius 1 is 1.43 bits per heavy atom. The van der Waals surface area contributed by atoms with Gasteiger partial charge in [0.25, 0.3) is 11.6 Å². The van der Waals surface area contributed by atoms with Gasteiger partial charge >= 0.3 is 0 Å². The Balaban J connectivity index is 2.88. The molecule has 0 aliphatic carbocycles. The Kier molecular flexibility index (Phi) is 6.39. The molecule has 0 bridgehead atoms. The van der Waals surface area contributed by atoms with E-state index in [-0.39, 0.29) is 28.6 Å². The van der Waals surface area contributed by atoms with Crippen LogP contribution in [-0.2, 0) is 0 Å². The zero-order valence-corrected chi connectivity index (χ0v) is 12.5. The van der Waals surface area contributed by atoms with Crippen molar-refractivity contribution < 1.29 is 14.8 Å². The highest BCUT2D eigenvalue weighted by molar-refractivity contribution is 6.34. The summed E-state index contributed by atoms with van der Waals surface area (Å²) in [5.74, 6) is -0.415. The first-order valence-corrected chi connectivity index (χ1v) is 6.86. The molecule has 1 rings (SSSR count). The molecule has 0 aromatic heterocycles. The molecule has 0 atom stereocenters. The third-order valence-electron chi connectivity index (χ3n) is 3.05. The van der Waals surface area contributed by atoms with Gasteiger partial charge in [0.2, 0.25) is 0 Å². The van der Waals surface area contributed by atoms with Crippen LogP contribution in [0.2, 0.25) is 5.02 Å². The fourth-order valence-electron chi connectivity index (χ4n) is 1.83. The molecular weight excluding hydrogens is 298 g/mol. The number of halogens is 1. The lowest BCUT2D eigenvalue weighted by Crippen LogP contribution is -2.28. The number of nitrogen functional groups attached to an aromatic ring is 1. The molecule has 0 spiro atoms. The van der Waals surface area contributed by atoms with Gasteiger partial charge in [-0.15, -0.1) is 0 Å². The molecule has 0 aliphatic rings. The second-order valence-electron chi connectivity index (χ2n) is 4.66. The van der Waals surface area contributed by atoms with Crippen molar-refractivity contribution in [2.75, 3.05) is 25.9 Å². The summed E-state index contributed by atoms with van der Waals surface area (Å²) in [5, 5.41) is 19.5. The molecule has 0 saturated carbocycles. The Hall–Kier alpha value is -1.86. The second-order valence-corrected chi connectivity index (χ2v) is 5.06. The number of aliphatic hydroxyl groups is 1. The quantitative estimate of drug-likeness (QED) is 0.346. The van der Waals surface area contributed by atoms with Crippen molar-refractivity contribution in [2.45, 2.75) is 19.3 Å². The molecule has 0 radical (unpaired) electrons. The summed E-state index contributed by atoms with van der Waals surface area (Å²) in [4.78, 5) is 23.9. The molecule has 1 aromatic rings. The van der Waals surface area contributed by atoms with E-state index in [4.69, 9.17) is 22.4 Å². The SMILES string of the molecule is CN(CCCCCO)C(=O)c1cc([N+](=O)[O-])cc(Cl)c1N. The van der Waals surface area contributed by atoms with Crippen LogP contribution in [0, 0.1) is 10.1 Å². The molecule has 116 valence electrons. The van der Waals surface area contributed by atoms with Gasteiger partial charge in [-0.2, -0.15) is 0 Å². The molecule has 0 saturated heterocycles. The normalized spacial score (nSPS) is 10.4. The first-order chi connectivity index (χ1) is 9.88. The summed E-state index contributed by atoms with van der Waals surface area (Å²) in [5.41, 5.74) is 5.52. The number of amides is 1. The van der Waals surface area contributed by atoms with E-state index >= 15 is 0 Å². The molecule has 8 heteroatoms. The lowest BCUT2D eigenvalue weighted by molar-refractivity contribution is -0.384. The van der Waals surface area contributed by atoms with Crippen LogP contribution in [-0.4, -0.2) is 41.0 Å². The van der Waals surface area contributed by atoms with Crippen molar-refractivity contribution in [3.63, 3.8) is 0 Å². The molecule has 3 N–H and O–H groups in total. The number of unbranched alkanes of at least 4 members (excludes halogenated alkanes) is 2. The van der Waals surface area contributed by atoms with Gasteiger partial charge in [0.1, 0.15) is 0 Å². The Bertz CT molecular complexity index is 536. The van der Waals surface area contributed by atoms with Crippen LogP contribution in [0.25, 0.3) is 0 Å². The first kappa shape index (κ1) is 17.2. The highest BCUT2D eigenvalue weighted by Gasteiger charge is 2.21. The standard InChI is InChI=1S/C13H18ClN3O4/c1-16(5-3-2-4-6-18)13(19)10-7-9(17(20)21)8-11(14)12(10)15/h7-8,18H,2-6,15H2,1H3. The molecule has 1 amide bonds. The number of carbonyl (C=O) groups excluding carboxylic acids is 1. The Labute approximate surface area is 127 Å². The minimum atomic E-state index is -0.622. The monoisotopic (exact) mass is 315 g/mol. The smallest absolute Gasteiger partial charge is 0.271 e. The molecular formula is C13H18ClN3O4. The number of nitrogens with zero attached hydrogens (tertiary/aromatic N) is 2. The summed E-state index contributed by atoms with van der Waals surface area (Å²) in [7, 11) is 1.59. The van der Waals surface area contributed by atoms with Crippen LogP contribution in [0.1, 0.15) is 29.6 Å². The average Bonchev–Trinajstić information content (AvgIpc) is 2.45. The maximum absolute atomic E-state index is 12.3. The lowest BCUT2D eigenvalue weighted by atomic mass is 10.1. The number of rotatable bonds is 7. The number of non-ortho nitro benzene ring substituents is 1. The zero-order valence-electron chi connectivity index (χ0n) is 11.7. The Morgan fingerprint density at radius 3 is 2.67 bits per heavy atom. The molecule has 0 aliphatic heterocycles. The van der Waals surface area contributed by atoms with Gasteiger partial charge in [-0.1, -0.05) is 11.6 Å². The third kappa shape index (κ3) is 4.57. The predicted molar refractivity (Wildman–Crippen MR) is 80.4 cm³/mol. The number of nitrogens with two attached hydrogens (primary N) is 1. The van der Waals surface area contributed by atoms with E-state index in [9.17, 15) is 14.9 Å². The predicted octanol–water partition coefficient (Wildman–Crippen LogP) is 2.06. The van der Waals surface area contributed by atoms with Crippen LogP contribution in [0.5, 0.6) is 0 Å².